The van der Waals surface area contributed by atoms with Gasteiger partial charge in [-0.1, -0.05) is 61.7 Å². The summed E-state index contributed by atoms with van der Waals surface area (Å²) < 4.78 is 0. The molecule has 0 aromatic heterocycles. The van der Waals surface area contributed by atoms with Gasteiger partial charge in [-0.05, 0) is 43.4 Å². The molecule has 6 heteroatoms. The SMILES string of the molecule is NC1=Nc2ccccc2C(=O)N(CCCc2ccccc2)C1C(=O)NC1CCCCC1. The first-order valence-corrected chi connectivity index (χ1v) is 11.2. The minimum absolute atomic E-state index is 0.140. The van der Waals surface area contributed by atoms with Crippen LogP contribution in [0.25, 0.3) is 0 Å². The number of amides is 2. The molecular formula is C25H30N4O2. The molecule has 1 unspecified atom stereocenters. The maximum absolute atomic E-state index is 13.4. The number of aryl methyl sites for hydroxylation is 1. The lowest BCUT2D eigenvalue weighted by atomic mass is 9.95. The summed E-state index contributed by atoms with van der Waals surface area (Å²) in [7, 11) is 0. The van der Waals surface area contributed by atoms with Crippen LogP contribution in [-0.4, -0.2) is 41.2 Å². The highest BCUT2D eigenvalue weighted by Gasteiger charge is 2.37. The number of fused-ring (bicyclic) bond motifs is 1. The molecule has 0 bridgehead atoms. The van der Waals surface area contributed by atoms with Crippen molar-refractivity contribution < 1.29 is 9.59 Å². The van der Waals surface area contributed by atoms with Crippen LogP contribution in [-0.2, 0) is 11.2 Å². The van der Waals surface area contributed by atoms with Crippen LogP contribution in [0.4, 0.5) is 5.69 Å². The number of nitrogens with one attached hydrogen (secondary N) is 1. The Bertz CT molecular complexity index is 951. The third-order valence-electron chi connectivity index (χ3n) is 6.14. The van der Waals surface area contributed by atoms with E-state index in [9.17, 15) is 9.59 Å². The Kier molecular flexibility index (Phi) is 6.65. The van der Waals surface area contributed by atoms with Crippen LogP contribution < -0.4 is 11.1 Å². The Morgan fingerprint density at radius 2 is 1.74 bits per heavy atom. The van der Waals surface area contributed by atoms with Crippen LogP contribution in [0.1, 0.15) is 54.4 Å². The van der Waals surface area contributed by atoms with Crippen molar-refractivity contribution in [3.05, 3.63) is 65.7 Å². The van der Waals surface area contributed by atoms with Gasteiger partial charge in [0.05, 0.1) is 11.3 Å². The number of benzene rings is 2. The maximum atomic E-state index is 13.4. The van der Waals surface area contributed by atoms with Gasteiger partial charge < -0.3 is 16.0 Å². The summed E-state index contributed by atoms with van der Waals surface area (Å²) in [4.78, 5) is 32.8. The zero-order valence-electron chi connectivity index (χ0n) is 17.8. The smallest absolute Gasteiger partial charge is 0.257 e. The van der Waals surface area contributed by atoms with Crippen molar-refractivity contribution in [3.63, 3.8) is 0 Å². The van der Waals surface area contributed by atoms with Crippen LogP contribution in [0.15, 0.2) is 59.6 Å². The minimum atomic E-state index is -0.891. The molecule has 1 fully saturated rings. The summed E-state index contributed by atoms with van der Waals surface area (Å²) in [5.74, 6) is -0.253. The van der Waals surface area contributed by atoms with Crippen molar-refractivity contribution in [3.8, 4) is 0 Å². The van der Waals surface area contributed by atoms with Crippen LogP contribution in [0.3, 0.4) is 0 Å². The van der Waals surface area contributed by atoms with E-state index < -0.39 is 6.04 Å². The highest BCUT2D eigenvalue weighted by molar-refractivity contribution is 6.14. The summed E-state index contributed by atoms with van der Waals surface area (Å²) in [6.07, 6.45) is 6.93. The molecule has 31 heavy (non-hydrogen) atoms. The number of aliphatic imine (C=N–C) groups is 1. The van der Waals surface area contributed by atoms with Gasteiger partial charge in [0.1, 0.15) is 5.84 Å². The first-order chi connectivity index (χ1) is 15.1. The molecule has 1 saturated carbocycles. The molecule has 2 amide bonds. The van der Waals surface area contributed by atoms with Crippen molar-refractivity contribution in [2.24, 2.45) is 10.7 Å². The molecule has 2 aromatic carbocycles. The molecule has 2 aromatic rings. The Hall–Kier alpha value is -3.15. The summed E-state index contributed by atoms with van der Waals surface area (Å²) in [5, 5.41) is 3.14. The third kappa shape index (κ3) is 4.95. The third-order valence-corrected chi connectivity index (χ3v) is 6.14. The number of nitrogens with zero attached hydrogens (tertiary/aromatic N) is 2. The van der Waals surface area contributed by atoms with Gasteiger partial charge in [-0.2, -0.15) is 0 Å². The summed E-state index contributed by atoms with van der Waals surface area (Å²) in [5.41, 5.74) is 8.54. The molecule has 4 rings (SSSR count). The Morgan fingerprint density at radius 1 is 1.03 bits per heavy atom. The van der Waals surface area contributed by atoms with Gasteiger partial charge in [-0.3, -0.25) is 9.59 Å². The lowest BCUT2D eigenvalue weighted by Crippen LogP contribution is -2.57. The van der Waals surface area contributed by atoms with Gasteiger partial charge in [0.15, 0.2) is 6.04 Å². The molecule has 1 aliphatic heterocycles. The summed E-state index contributed by atoms with van der Waals surface area (Å²) in [6, 6.07) is 16.6. The monoisotopic (exact) mass is 418 g/mol. The zero-order chi connectivity index (χ0) is 21.6. The quantitative estimate of drug-likeness (QED) is 0.752. The van der Waals surface area contributed by atoms with E-state index in [2.05, 4.69) is 22.4 Å². The standard InChI is InChI=1S/C25H30N4O2/c26-23-22(24(30)27-19-13-5-2-6-14-19)29(17-9-12-18-10-3-1-4-11-18)25(31)20-15-7-8-16-21(20)28-23/h1,3-4,7-8,10-11,15-16,19,22H,2,5-6,9,12-14,17H2,(H2,26,28)(H,27,30). The first-order valence-electron chi connectivity index (χ1n) is 11.2. The van der Waals surface area contributed by atoms with Gasteiger partial charge in [0, 0.05) is 12.6 Å². The predicted molar refractivity (Wildman–Crippen MR) is 122 cm³/mol. The Balaban J connectivity index is 1.57. The summed E-state index contributed by atoms with van der Waals surface area (Å²) in [6.45, 7) is 0.432. The molecule has 0 radical (unpaired) electrons. The molecule has 162 valence electrons. The Morgan fingerprint density at radius 3 is 2.52 bits per heavy atom. The number of rotatable bonds is 6. The molecule has 3 N–H and O–H groups in total. The fraction of sp³-hybridized carbons (Fsp3) is 0.400. The van der Waals surface area contributed by atoms with Gasteiger partial charge in [0.2, 0.25) is 0 Å². The molecule has 0 saturated heterocycles. The number of amidine groups is 1. The minimum Gasteiger partial charge on any atom is -0.385 e. The topological polar surface area (TPSA) is 87.8 Å². The van der Waals surface area contributed by atoms with Crippen molar-refractivity contribution in [2.75, 3.05) is 6.54 Å². The number of nitrogens with two attached hydrogens (primary N) is 1. The van der Waals surface area contributed by atoms with Crippen molar-refractivity contribution in [2.45, 2.75) is 57.0 Å². The van der Waals surface area contributed by atoms with E-state index in [0.29, 0.717) is 17.8 Å². The number of hydrogen-bond acceptors (Lipinski definition) is 4. The zero-order valence-corrected chi connectivity index (χ0v) is 17.8. The van der Waals surface area contributed by atoms with Crippen molar-refractivity contribution in [1.29, 1.82) is 0 Å². The van der Waals surface area contributed by atoms with Crippen LogP contribution >= 0.6 is 0 Å². The molecule has 0 spiro atoms. The second-order valence-corrected chi connectivity index (χ2v) is 8.39. The average molecular weight is 419 g/mol. The summed E-state index contributed by atoms with van der Waals surface area (Å²) >= 11 is 0. The second-order valence-electron chi connectivity index (χ2n) is 8.39. The highest BCUT2D eigenvalue weighted by atomic mass is 16.2. The first kappa shape index (κ1) is 21.1. The van der Waals surface area contributed by atoms with Gasteiger partial charge in [-0.25, -0.2) is 4.99 Å². The molecule has 1 atom stereocenters. The lowest BCUT2D eigenvalue weighted by molar-refractivity contribution is -0.124. The van der Waals surface area contributed by atoms with E-state index in [0.717, 1.165) is 38.5 Å². The van der Waals surface area contributed by atoms with Crippen molar-refractivity contribution >= 4 is 23.3 Å². The maximum Gasteiger partial charge on any atom is 0.257 e. The average Bonchev–Trinajstić information content (AvgIpc) is 2.89. The van der Waals surface area contributed by atoms with E-state index in [1.807, 2.05) is 30.3 Å². The van der Waals surface area contributed by atoms with E-state index in [4.69, 9.17) is 5.73 Å². The van der Waals surface area contributed by atoms with E-state index >= 15 is 0 Å². The fourth-order valence-electron chi connectivity index (χ4n) is 4.52. The van der Waals surface area contributed by atoms with E-state index in [1.54, 1.807) is 17.0 Å². The highest BCUT2D eigenvalue weighted by Crippen LogP contribution is 2.26. The van der Waals surface area contributed by atoms with Crippen LogP contribution in [0.5, 0.6) is 0 Å². The van der Waals surface area contributed by atoms with E-state index in [-0.39, 0.29) is 23.7 Å². The van der Waals surface area contributed by atoms with Gasteiger partial charge in [0.25, 0.3) is 11.8 Å². The number of hydrogen-bond donors (Lipinski definition) is 2. The lowest BCUT2D eigenvalue weighted by Gasteiger charge is -2.31. The molecule has 1 aliphatic carbocycles. The number of para-hydroxylation sites is 1. The molecule has 6 nitrogen and oxygen atoms in total. The largest absolute Gasteiger partial charge is 0.385 e. The molecule has 1 heterocycles. The van der Waals surface area contributed by atoms with Crippen molar-refractivity contribution in [1.82, 2.24) is 10.2 Å². The van der Waals surface area contributed by atoms with E-state index in [1.165, 1.54) is 12.0 Å². The van der Waals surface area contributed by atoms with Crippen LogP contribution in [0, 0.1) is 0 Å². The second kappa shape index (κ2) is 9.77. The predicted octanol–water partition coefficient (Wildman–Crippen LogP) is 3.58. The normalized spacial score (nSPS) is 19.4. The number of carbonyl (C=O) groups excluding carboxylic acids is 2. The number of carbonyl (C=O) groups is 2. The molecule has 2 aliphatic rings. The fourth-order valence-corrected chi connectivity index (χ4v) is 4.52. The van der Waals surface area contributed by atoms with Crippen LogP contribution in [0.2, 0.25) is 0 Å². The van der Waals surface area contributed by atoms with Gasteiger partial charge in [-0.15, -0.1) is 0 Å². The van der Waals surface area contributed by atoms with Gasteiger partial charge >= 0.3 is 0 Å². The Labute approximate surface area is 183 Å². The molecular weight excluding hydrogens is 388 g/mol.